The number of carbonyl (C=O) groups excluding carboxylic acids is 1. The molecule has 96 valence electrons. The lowest BCUT2D eigenvalue weighted by atomic mass is 10.0. The van der Waals surface area contributed by atoms with Gasteiger partial charge in [-0.05, 0) is 24.6 Å². The zero-order chi connectivity index (χ0) is 13.1. The number of anilines is 1. The van der Waals surface area contributed by atoms with E-state index in [1.54, 1.807) is 19.1 Å². The molecule has 1 heterocycles. The number of benzene rings is 1. The number of piperazine rings is 1. The van der Waals surface area contributed by atoms with Gasteiger partial charge in [0.25, 0.3) is 0 Å². The lowest BCUT2D eigenvalue weighted by molar-refractivity contribution is -0.138. The third-order valence-corrected chi connectivity index (χ3v) is 3.17. The van der Waals surface area contributed by atoms with Gasteiger partial charge in [0, 0.05) is 18.8 Å². The average Bonchev–Trinajstić information content (AvgIpc) is 2.38. The highest BCUT2D eigenvalue weighted by Crippen LogP contribution is 2.21. The molecule has 1 saturated heterocycles. The molecule has 0 spiro atoms. The van der Waals surface area contributed by atoms with Crippen LogP contribution in [-0.4, -0.2) is 36.6 Å². The SMILES string of the molecule is CC(C(=O)O)c1ccc(N2CCNC(=O)C2)cc1. The van der Waals surface area contributed by atoms with E-state index in [1.807, 2.05) is 17.0 Å². The van der Waals surface area contributed by atoms with Crippen molar-refractivity contribution in [2.75, 3.05) is 24.5 Å². The Hall–Kier alpha value is -2.04. The fourth-order valence-electron chi connectivity index (χ4n) is 1.98. The Bertz CT molecular complexity index is 456. The van der Waals surface area contributed by atoms with E-state index in [2.05, 4.69) is 5.32 Å². The summed E-state index contributed by atoms with van der Waals surface area (Å²) in [6.45, 7) is 3.44. The second-order valence-corrected chi connectivity index (χ2v) is 4.42. The van der Waals surface area contributed by atoms with Crippen molar-refractivity contribution in [1.82, 2.24) is 5.32 Å². The van der Waals surface area contributed by atoms with Crippen LogP contribution in [0.1, 0.15) is 18.4 Å². The normalized spacial score (nSPS) is 17.2. The molecule has 2 N–H and O–H groups in total. The molecule has 1 amide bonds. The summed E-state index contributed by atoms with van der Waals surface area (Å²) in [6, 6.07) is 7.35. The highest BCUT2D eigenvalue weighted by Gasteiger charge is 2.17. The molecule has 5 nitrogen and oxygen atoms in total. The van der Waals surface area contributed by atoms with Crippen molar-refractivity contribution < 1.29 is 14.7 Å². The third kappa shape index (κ3) is 2.61. The largest absolute Gasteiger partial charge is 0.481 e. The summed E-state index contributed by atoms with van der Waals surface area (Å²) in [5.41, 5.74) is 1.72. The molecule has 1 fully saturated rings. The van der Waals surface area contributed by atoms with Gasteiger partial charge in [-0.3, -0.25) is 9.59 Å². The van der Waals surface area contributed by atoms with E-state index in [0.717, 1.165) is 17.8 Å². The van der Waals surface area contributed by atoms with Crippen molar-refractivity contribution in [1.29, 1.82) is 0 Å². The summed E-state index contributed by atoms with van der Waals surface area (Å²) in [7, 11) is 0. The first-order chi connectivity index (χ1) is 8.58. The summed E-state index contributed by atoms with van der Waals surface area (Å²) in [5, 5.41) is 11.7. The molecular weight excluding hydrogens is 232 g/mol. The molecule has 1 unspecified atom stereocenters. The van der Waals surface area contributed by atoms with Crippen molar-refractivity contribution in [3.8, 4) is 0 Å². The van der Waals surface area contributed by atoms with Crippen molar-refractivity contribution in [3.05, 3.63) is 29.8 Å². The standard InChI is InChI=1S/C13H16N2O3/c1-9(13(17)18)10-2-4-11(5-3-10)15-7-6-14-12(16)8-15/h2-5,9H,6-8H2,1H3,(H,14,16)(H,17,18). The Morgan fingerprint density at radius 1 is 1.39 bits per heavy atom. The number of nitrogens with zero attached hydrogens (tertiary/aromatic N) is 1. The number of nitrogens with one attached hydrogen (secondary N) is 1. The summed E-state index contributed by atoms with van der Waals surface area (Å²) in [4.78, 5) is 24.1. The van der Waals surface area contributed by atoms with Crippen LogP contribution in [0.2, 0.25) is 0 Å². The van der Waals surface area contributed by atoms with Crippen LogP contribution in [0.25, 0.3) is 0 Å². The Morgan fingerprint density at radius 3 is 2.61 bits per heavy atom. The number of hydrogen-bond acceptors (Lipinski definition) is 3. The maximum Gasteiger partial charge on any atom is 0.310 e. The maximum atomic E-state index is 11.3. The van der Waals surface area contributed by atoms with E-state index >= 15 is 0 Å². The number of carboxylic acids is 1. The number of hydrogen-bond donors (Lipinski definition) is 2. The molecule has 0 radical (unpaired) electrons. The molecule has 1 aromatic carbocycles. The van der Waals surface area contributed by atoms with Crippen LogP contribution >= 0.6 is 0 Å². The molecular formula is C13H16N2O3. The number of carbonyl (C=O) groups is 2. The summed E-state index contributed by atoms with van der Waals surface area (Å²) >= 11 is 0. The molecule has 0 aliphatic carbocycles. The second kappa shape index (κ2) is 5.08. The minimum atomic E-state index is -0.833. The Labute approximate surface area is 105 Å². The lowest BCUT2D eigenvalue weighted by Gasteiger charge is -2.28. The van der Waals surface area contributed by atoms with Gasteiger partial charge >= 0.3 is 5.97 Å². The first kappa shape index (κ1) is 12.4. The van der Waals surface area contributed by atoms with E-state index in [9.17, 15) is 9.59 Å². The van der Waals surface area contributed by atoms with Gasteiger partial charge in [-0.25, -0.2) is 0 Å². The van der Waals surface area contributed by atoms with Gasteiger partial charge in [-0.1, -0.05) is 12.1 Å². The van der Waals surface area contributed by atoms with Gasteiger partial charge in [0.2, 0.25) is 5.91 Å². The highest BCUT2D eigenvalue weighted by atomic mass is 16.4. The monoisotopic (exact) mass is 248 g/mol. The summed E-state index contributed by atoms with van der Waals surface area (Å²) < 4.78 is 0. The second-order valence-electron chi connectivity index (χ2n) is 4.42. The van der Waals surface area contributed by atoms with Gasteiger partial charge < -0.3 is 15.3 Å². The van der Waals surface area contributed by atoms with E-state index in [1.165, 1.54) is 0 Å². The Balaban J connectivity index is 2.12. The molecule has 1 aromatic rings. The topological polar surface area (TPSA) is 69.6 Å². The first-order valence-corrected chi connectivity index (χ1v) is 5.92. The number of aliphatic carboxylic acids is 1. The molecule has 2 rings (SSSR count). The van der Waals surface area contributed by atoms with E-state index < -0.39 is 11.9 Å². The summed E-state index contributed by atoms with van der Waals surface area (Å²) in [6.07, 6.45) is 0. The number of amides is 1. The molecule has 0 bridgehead atoms. The minimum Gasteiger partial charge on any atom is -0.481 e. The van der Waals surface area contributed by atoms with Gasteiger partial charge in [-0.2, -0.15) is 0 Å². The molecule has 5 heteroatoms. The quantitative estimate of drug-likeness (QED) is 0.830. The molecule has 18 heavy (non-hydrogen) atoms. The fraction of sp³-hybridized carbons (Fsp3) is 0.385. The zero-order valence-electron chi connectivity index (χ0n) is 10.2. The zero-order valence-corrected chi connectivity index (χ0v) is 10.2. The van der Waals surface area contributed by atoms with Crippen LogP contribution in [0.5, 0.6) is 0 Å². The maximum absolute atomic E-state index is 11.3. The van der Waals surface area contributed by atoms with Crippen LogP contribution in [0.3, 0.4) is 0 Å². The highest BCUT2D eigenvalue weighted by molar-refractivity contribution is 5.82. The van der Waals surface area contributed by atoms with Gasteiger partial charge in [0.15, 0.2) is 0 Å². The average molecular weight is 248 g/mol. The fourth-order valence-corrected chi connectivity index (χ4v) is 1.98. The van der Waals surface area contributed by atoms with Gasteiger partial charge in [-0.15, -0.1) is 0 Å². The van der Waals surface area contributed by atoms with Crippen molar-refractivity contribution in [2.24, 2.45) is 0 Å². The van der Waals surface area contributed by atoms with E-state index in [0.29, 0.717) is 13.1 Å². The minimum absolute atomic E-state index is 0.0178. The molecule has 1 atom stereocenters. The predicted octanol–water partition coefficient (Wildman–Crippen LogP) is 0.811. The van der Waals surface area contributed by atoms with Crippen LogP contribution in [0.4, 0.5) is 5.69 Å². The van der Waals surface area contributed by atoms with E-state index in [-0.39, 0.29) is 5.91 Å². The van der Waals surface area contributed by atoms with Crippen LogP contribution in [0.15, 0.2) is 24.3 Å². The number of rotatable bonds is 3. The van der Waals surface area contributed by atoms with Crippen molar-refractivity contribution in [2.45, 2.75) is 12.8 Å². The number of carboxylic acid groups (broad SMARTS) is 1. The summed E-state index contributed by atoms with van der Waals surface area (Å²) in [5.74, 6) is -1.33. The van der Waals surface area contributed by atoms with Crippen LogP contribution in [-0.2, 0) is 9.59 Å². The molecule has 1 aliphatic rings. The van der Waals surface area contributed by atoms with Gasteiger partial charge in [0.1, 0.15) is 0 Å². The molecule has 1 aliphatic heterocycles. The Morgan fingerprint density at radius 2 is 2.06 bits per heavy atom. The lowest BCUT2D eigenvalue weighted by Crippen LogP contribution is -2.47. The van der Waals surface area contributed by atoms with E-state index in [4.69, 9.17) is 5.11 Å². The molecule has 0 saturated carbocycles. The van der Waals surface area contributed by atoms with Gasteiger partial charge in [0.05, 0.1) is 12.5 Å². The molecule has 0 aromatic heterocycles. The Kier molecular flexibility index (Phi) is 3.50. The first-order valence-electron chi connectivity index (χ1n) is 5.92. The van der Waals surface area contributed by atoms with Crippen LogP contribution in [0, 0.1) is 0 Å². The predicted molar refractivity (Wildman–Crippen MR) is 67.7 cm³/mol. The van der Waals surface area contributed by atoms with Crippen LogP contribution < -0.4 is 10.2 Å². The smallest absolute Gasteiger partial charge is 0.310 e. The van der Waals surface area contributed by atoms with Crippen molar-refractivity contribution in [3.63, 3.8) is 0 Å². The van der Waals surface area contributed by atoms with Crippen molar-refractivity contribution >= 4 is 17.6 Å². The third-order valence-electron chi connectivity index (χ3n) is 3.17.